The third-order valence-corrected chi connectivity index (χ3v) is 7.32. The zero-order chi connectivity index (χ0) is 24.5. The lowest BCUT2D eigenvalue weighted by Gasteiger charge is -2.30. The maximum atomic E-state index is 13.2. The summed E-state index contributed by atoms with van der Waals surface area (Å²) in [5, 5.41) is 6.03. The predicted molar refractivity (Wildman–Crippen MR) is 140 cm³/mol. The van der Waals surface area contributed by atoms with Gasteiger partial charge in [-0.3, -0.25) is 14.6 Å². The SMILES string of the molecule is CC(C)Cn1cc(-c2cnsc2)cc(NC2CCC(c3ccc4c(=O)[nH]c(=O)[nH]c4c3)CC2)c1=O. The Labute approximate surface area is 206 Å². The predicted octanol–water partition coefficient (Wildman–Crippen LogP) is 4.30. The summed E-state index contributed by atoms with van der Waals surface area (Å²) in [5.74, 6) is 0.709. The molecule has 8 nitrogen and oxygen atoms in total. The molecule has 3 N–H and O–H groups in total. The Hall–Kier alpha value is -3.46. The van der Waals surface area contributed by atoms with Gasteiger partial charge in [0.25, 0.3) is 11.1 Å². The molecule has 1 aromatic carbocycles. The summed E-state index contributed by atoms with van der Waals surface area (Å²) in [4.78, 5) is 41.9. The lowest BCUT2D eigenvalue weighted by atomic mass is 9.81. The summed E-state index contributed by atoms with van der Waals surface area (Å²) in [6.07, 6.45) is 7.56. The first-order chi connectivity index (χ1) is 16.9. The van der Waals surface area contributed by atoms with Crippen LogP contribution < -0.4 is 22.1 Å². The number of aromatic nitrogens is 4. The van der Waals surface area contributed by atoms with Gasteiger partial charge in [-0.05, 0) is 72.8 Å². The monoisotopic (exact) mass is 491 g/mol. The van der Waals surface area contributed by atoms with Gasteiger partial charge in [0.15, 0.2) is 0 Å². The molecule has 0 aliphatic heterocycles. The molecule has 4 aromatic rings. The van der Waals surface area contributed by atoms with E-state index >= 15 is 0 Å². The molecular formula is C26H29N5O3S. The average Bonchev–Trinajstić information content (AvgIpc) is 3.36. The Kier molecular flexibility index (Phi) is 6.42. The molecule has 0 amide bonds. The quantitative estimate of drug-likeness (QED) is 0.372. The first kappa shape index (κ1) is 23.3. The zero-order valence-corrected chi connectivity index (χ0v) is 20.7. The van der Waals surface area contributed by atoms with Crippen LogP contribution in [0.5, 0.6) is 0 Å². The Balaban J connectivity index is 1.33. The minimum atomic E-state index is -0.490. The third kappa shape index (κ3) is 5.00. The van der Waals surface area contributed by atoms with Gasteiger partial charge in [-0.25, -0.2) is 9.17 Å². The largest absolute Gasteiger partial charge is 0.378 e. The summed E-state index contributed by atoms with van der Waals surface area (Å²) in [6.45, 7) is 4.88. The molecule has 0 bridgehead atoms. The van der Waals surface area contributed by atoms with Crippen LogP contribution in [0.2, 0.25) is 0 Å². The topological polar surface area (TPSA) is 113 Å². The van der Waals surface area contributed by atoms with E-state index in [4.69, 9.17) is 0 Å². The van der Waals surface area contributed by atoms with Crippen molar-refractivity contribution in [1.82, 2.24) is 18.9 Å². The van der Waals surface area contributed by atoms with Crippen LogP contribution in [0.15, 0.2) is 56.4 Å². The average molecular weight is 492 g/mol. The van der Waals surface area contributed by atoms with Crippen LogP contribution in [0.3, 0.4) is 0 Å². The van der Waals surface area contributed by atoms with Crippen LogP contribution in [0.1, 0.15) is 51.0 Å². The van der Waals surface area contributed by atoms with Crippen molar-refractivity contribution in [3.8, 4) is 11.1 Å². The Morgan fingerprint density at radius 1 is 1.09 bits per heavy atom. The molecule has 0 radical (unpaired) electrons. The fraction of sp³-hybridized carbons (Fsp3) is 0.385. The molecular weight excluding hydrogens is 462 g/mol. The second-order valence-electron chi connectivity index (χ2n) is 9.81. The number of anilines is 1. The molecule has 3 heterocycles. The molecule has 3 aromatic heterocycles. The fourth-order valence-corrected chi connectivity index (χ4v) is 5.55. The number of pyridine rings is 1. The van der Waals surface area contributed by atoms with E-state index in [1.807, 2.05) is 40.5 Å². The molecule has 1 aliphatic rings. The molecule has 0 atom stereocenters. The maximum absolute atomic E-state index is 13.2. The van der Waals surface area contributed by atoms with Crippen molar-refractivity contribution < 1.29 is 0 Å². The molecule has 35 heavy (non-hydrogen) atoms. The second kappa shape index (κ2) is 9.65. The molecule has 182 valence electrons. The molecule has 9 heteroatoms. The van der Waals surface area contributed by atoms with Crippen molar-refractivity contribution in [1.29, 1.82) is 0 Å². The number of nitrogens with zero attached hydrogens (tertiary/aromatic N) is 2. The highest BCUT2D eigenvalue weighted by Crippen LogP contribution is 2.35. The summed E-state index contributed by atoms with van der Waals surface area (Å²) in [7, 11) is 0. The number of hydrogen-bond acceptors (Lipinski definition) is 6. The van der Waals surface area contributed by atoms with Gasteiger partial charge in [0, 0.05) is 41.5 Å². The first-order valence-electron chi connectivity index (χ1n) is 12.0. The minimum Gasteiger partial charge on any atom is -0.378 e. The molecule has 0 spiro atoms. The van der Waals surface area contributed by atoms with E-state index in [0.717, 1.165) is 42.4 Å². The number of rotatable bonds is 6. The summed E-state index contributed by atoms with van der Waals surface area (Å²) >= 11 is 1.40. The van der Waals surface area contributed by atoms with Crippen molar-refractivity contribution in [2.24, 2.45) is 5.92 Å². The Morgan fingerprint density at radius 2 is 1.89 bits per heavy atom. The third-order valence-electron chi connectivity index (χ3n) is 6.74. The van der Waals surface area contributed by atoms with E-state index in [0.29, 0.717) is 35.0 Å². The minimum absolute atomic E-state index is 0.0106. The fourth-order valence-electron chi connectivity index (χ4n) is 5.01. The second-order valence-corrected chi connectivity index (χ2v) is 10.5. The van der Waals surface area contributed by atoms with Crippen LogP contribution >= 0.6 is 11.5 Å². The van der Waals surface area contributed by atoms with Crippen LogP contribution in [-0.4, -0.2) is 25.0 Å². The van der Waals surface area contributed by atoms with Crippen molar-refractivity contribution in [2.75, 3.05) is 5.32 Å². The lowest BCUT2D eigenvalue weighted by Crippen LogP contribution is -2.31. The molecule has 5 rings (SSSR count). The highest BCUT2D eigenvalue weighted by molar-refractivity contribution is 7.03. The number of nitrogens with one attached hydrogen (secondary N) is 3. The van der Waals surface area contributed by atoms with E-state index in [9.17, 15) is 14.4 Å². The van der Waals surface area contributed by atoms with Crippen LogP contribution in [0.25, 0.3) is 22.0 Å². The number of H-pyrrole nitrogens is 2. The smallest absolute Gasteiger partial charge is 0.326 e. The van der Waals surface area contributed by atoms with Gasteiger partial charge < -0.3 is 14.9 Å². The Morgan fingerprint density at radius 3 is 2.60 bits per heavy atom. The van der Waals surface area contributed by atoms with Crippen molar-refractivity contribution in [2.45, 2.75) is 58.0 Å². The van der Waals surface area contributed by atoms with Gasteiger partial charge in [0.1, 0.15) is 5.69 Å². The van der Waals surface area contributed by atoms with Crippen LogP contribution in [0, 0.1) is 5.92 Å². The van der Waals surface area contributed by atoms with Gasteiger partial charge in [0.2, 0.25) is 0 Å². The van der Waals surface area contributed by atoms with Crippen molar-refractivity contribution >= 4 is 28.1 Å². The van der Waals surface area contributed by atoms with Crippen molar-refractivity contribution in [3.63, 3.8) is 0 Å². The van der Waals surface area contributed by atoms with E-state index < -0.39 is 5.69 Å². The van der Waals surface area contributed by atoms with Gasteiger partial charge >= 0.3 is 5.69 Å². The van der Waals surface area contributed by atoms with E-state index in [2.05, 4.69) is 33.5 Å². The first-order valence-corrected chi connectivity index (χ1v) is 12.9. The van der Waals surface area contributed by atoms with Gasteiger partial charge in [-0.1, -0.05) is 19.9 Å². The molecule has 0 saturated heterocycles. The highest BCUT2D eigenvalue weighted by Gasteiger charge is 2.24. The number of hydrogen-bond donors (Lipinski definition) is 3. The van der Waals surface area contributed by atoms with Gasteiger partial charge in [-0.15, -0.1) is 0 Å². The van der Waals surface area contributed by atoms with Crippen LogP contribution in [-0.2, 0) is 6.54 Å². The number of benzene rings is 1. The molecule has 1 fully saturated rings. The summed E-state index contributed by atoms with van der Waals surface area (Å²) in [6, 6.07) is 7.85. The molecule has 1 saturated carbocycles. The van der Waals surface area contributed by atoms with E-state index in [1.54, 1.807) is 6.07 Å². The van der Waals surface area contributed by atoms with Crippen LogP contribution in [0.4, 0.5) is 5.69 Å². The number of fused-ring (bicyclic) bond motifs is 1. The van der Waals surface area contributed by atoms with E-state index in [1.165, 1.54) is 11.5 Å². The normalized spacial score (nSPS) is 18.3. The number of aromatic amines is 2. The summed E-state index contributed by atoms with van der Waals surface area (Å²) in [5.41, 5.74) is 3.51. The standard InChI is InChI=1S/C26H29N5O3S/c1-15(2)12-31-13-18(19-11-27-35-14-19)10-23(25(31)33)28-20-6-3-16(4-7-20)17-5-8-21-22(9-17)29-26(34)30-24(21)32/h5,8-11,13-16,20,28H,3-4,6-7,12H2,1-2H3,(H2,29,30,32,34). The Bertz CT molecular complexity index is 1510. The van der Waals surface area contributed by atoms with Gasteiger partial charge in [0.05, 0.1) is 10.9 Å². The maximum Gasteiger partial charge on any atom is 0.326 e. The van der Waals surface area contributed by atoms with Crippen molar-refractivity contribution in [3.05, 3.63) is 78.8 Å². The zero-order valence-electron chi connectivity index (χ0n) is 19.8. The van der Waals surface area contributed by atoms with Gasteiger partial charge in [-0.2, -0.15) is 0 Å². The molecule has 1 aliphatic carbocycles. The van der Waals surface area contributed by atoms with E-state index in [-0.39, 0.29) is 17.2 Å². The highest BCUT2D eigenvalue weighted by atomic mass is 32.1. The molecule has 0 unspecified atom stereocenters. The lowest BCUT2D eigenvalue weighted by molar-refractivity contribution is 0.412. The summed E-state index contributed by atoms with van der Waals surface area (Å²) < 4.78 is 6.03.